The molecule has 0 bridgehead atoms. The van der Waals surface area contributed by atoms with Crippen LogP contribution in [0.2, 0.25) is 0 Å². The summed E-state index contributed by atoms with van der Waals surface area (Å²) in [5.74, 6) is 0.971. The Labute approximate surface area is 111 Å². The number of rotatable bonds is 6. The van der Waals surface area contributed by atoms with Crippen LogP contribution in [-0.4, -0.2) is 43.5 Å². The van der Waals surface area contributed by atoms with Crippen molar-refractivity contribution in [3.05, 3.63) is 0 Å². The molecule has 1 heterocycles. The lowest BCUT2D eigenvalue weighted by Gasteiger charge is -2.29. The van der Waals surface area contributed by atoms with Gasteiger partial charge in [0.15, 0.2) is 0 Å². The van der Waals surface area contributed by atoms with E-state index in [1.54, 1.807) is 7.05 Å². The van der Waals surface area contributed by atoms with Crippen LogP contribution < -0.4 is 11.1 Å². The minimum absolute atomic E-state index is 0.0970. The molecule has 1 rings (SSSR count). The lowest BCUT2D eigenvalue weighted by atomic mass is 9.96. The molecule has 4 nitrogen and oxygen atoms in total. The first-order chi connectivity index (χ1) is 8.71. The Morgan fingerprint density at radius 1 is 1.44 bits per heavy atom. The molecule has 18 heavy (non-hydrogen) atoms. The molecule has 1 fully saturated rings. The third-order valence-corrected chi connectivity index (χ3v) is 4.07. The van der Waals surface area contributed by atoms with Crippen molar-refractivity contribution in [3.8, 4) is 0 Å². The molecule has 1 amide bonds. The highest BCUT2D eigenvalue weighted by atomic mass is 16.1. The van der Waals surface area contributed by atoms with Gasteiger partial charge in [0.05, 0.1) is 0 Å². The van der Waals surface area contributed by atoms with Crippen molar-refractivity contribution in [2.45, 2.75) is 51.5 Å². The standard InChI is InChI=1S/C14H29N3O/c1-3-5-12-6-4-8-17(9-7-12)13(11-15)10-14(18)16-2/h12-13H,3-11,15H2,1-2H3,(H,16,18). The molecular weight excluding hydrogens is 226 g/mol. The number of nitrogens with zero attached hydrogens (tertiary/aromatic N) is 1. The van der Waals surface area contributed by atoms with Gasteiger partial charge < -0.3 is 11.1 Å². The highest BCUT2D eigenvalue weighted by molar-refractivity contribution is 5.76. The zero-order valence-corrected chi connectivity index (χ0v) is 12.0. The van der Waals surface area contributed by atoms with Crippen LogP contribution in [0.25, 0.3) is 0 Å². The first-order valence-electron chi connectivity index (χ1n) is 7.35. The maximum atomic E-state index is 11.5. The Kier molecular flexibility index (Phi) is 7.28. The maximum absolute atomic E-state index is 11.5. The Morgan fingerprint density at radius 2 is 2.22 bits per heavy atom. The third-order valence-electron chi connectivity index (χ3n) is 4.07. The summed E-state index contributed by atoms with van der Waals surface area (Å²) in [5.41, 5.74) is 5.83. The lowest BCUT2D eigenvalue weighted by Crippen LogP contribution is -2.44. The number of hydrogen-bond donors (Lipinski definition) is 2. The zero-order valence-electron chi connectivity index (χ0n) is 12.0. The molecule has 0 saturated carbocycles. The van der Waals surface area contributed by atoms with Crippen molar-refractivity contribution < 1.29 is 4.79 Å². The van der Waals surface area contributed by atoms with Gasteiger partial charge in [-0.05, 0) is 38.3 Å². The molecule has 0 aromatic rings. The van der Waals surface area contributed by atoms with E-state index in [0.29, 0.717) is 13.0 Å². The Bertz CT molecular complexity index is 245. The molecule has 106 valence electrons. The van der Waals surface area contributed by atoms with Crippen LogP contribution in [0, 0.1) is 5.92 Å². The first-order valence-corrected chi connectivity index (χ1v) is 7.35. The summed E-state index contributed by atoms with van der Waals surface area (Å²) in [5, 5.41) is 2.69. The molecule has 0 aliphatic carbocycles. The Balaban J connectivity index is 2.46. The van der Waals surface area contributed by atoms with Gasteiger partial charge in [-0.15, -0.1) is 0 Å². The van der Waals surface area contributed by atoms with Gasteiger partial charge in [-0.2, -0.15) is 0 Å². The molecule has 1 aliphatic heterocycles. The smallest absolute Gasteiger partial charge is 0.221 e. The minimum Gasteiger partial charge on any atom is -0.359 e. The van der Waals surface area contributed by atoms with Crippen molar-refractivity contribution >= 4 is 5.91 Å². The second-order valence-electron chi connectivity index (χ2n) is 5.39. The average Bonchev–Trinajstić information content (AvgIpc) is 2.62. The number of carbonyl (C=O) groups is 1. The molecule has 2 unspecified atom stereocenters. The van der Waals surface area contributed by atoms with E-state index >= 15 is 0 Å². The van der Waals surface area contributed by atoms with Crippen LogP contribution in [0.5, 0.6) is 0 Å². The lowest BCUT2D eigenvalue weighted by molar-refractivity contribution is -0.121. The topological polar surface area (TPSA) is 58.4 Å². The predicted molar refractivity (Wildman–Crippen MR) is 75.3 cm³/mol. The average molecular weight is 255 g/mol. The van der Waals surface area contributed by atoms with E-state index in [4.69, 9.17) is 5.73 Å². The van der Waals surface area contributed by atoms with E-state index in [9.17, 15) is 4.79 Å². The second kappa shape index (κ2) is 8.48. The van der Waals surface area contributed by atoms with Gasteiger partial charge in [0.25, 0.3) is 0 Å². The maximum Gasteiger partial charge on any atom is 0.221 e. The van der Waals surface area contributed by atoms with Gasteiger partial charge in [-0.3, -0.25) is 9.69 Å². The van der Waals surface area contributed by atoms with Crippen LogP contribution in [0.3, 0.4) is 0 Å². The molecule has 0 spiro atoms. The fraction of sp³-hybridized carbons (Fsp3) is 0.929. The molecule has 3 N–H and O–H groups in total. The van der Waals surface area contributed by atoms with E-state index in [2.05, 4.69) is 17.1 Å². The summed E-state index contributed by atoms with van der Waals surface area (Å²) in [7, 11) is 1.69. The van der Waals surface area contributed by atoms with E-state index in [1.807, 2.05) is 0 Å². The van der Waals surface area contributed by atoms with Crippen molar-refractivity contribution in [2.24, 2.45) is 11.7 Å². The summed E-state index contributed by atoms with van der Waals surface area (Å²) in [6.07, 6.45) is 7.00. The fourth-order valence-corrected chi connectivity index (χ4v) is 2.93. The van der Waals surface area contributed by atoms with Gasteiger partial charge >= 0.3 is 0 Å². The van der Waals surface area contributed by atoms with Gasteiger partial charge in [-0.25, -0.2) is 0 Å². The van der Waals surface area contributed by atoms with Crippen LogP contribution in [0.15, 0.2) is 0 Å². The van der Waals surface area contributed by atoms with Crippen LogP contribution in [0.1, 0.15) is 45.4 Å². The highest BCUT2D eigenvalue weighted by Gasteiger charge is 2.23. The number of nitrogens with two attached hydrogens (primary N) is 1. The van der Waals surface area contributed by atoms with Crippen molar-refractivity contribution in [2.75, 3.05) is 26.7 Å². The zero-order chi connectivity index (χ0) is 13.4. The number of hydrogen-bond acceptors (Lipinski definition) is 3. The number of likely N-dealkylation sites (tertiary alicyclic amines) is 1. The molecule has 0 aromatic carbocycles. The normalized spacial score (nSPS) is 23.4. The summed E-state index contributed by atoms with van der Waals surface area (Å²) in [4.78, 5) is 13.9. The molecule has 1 saturated heterocycles. The quantitative estimate of drug-likeness (QED) is 0.753. The highest BCUT2D eigenvalue weighted by Crippen LogP contribution is 2.23. The SMILES string of the molecule is CCCC1CCCN(C(CN)CC(=O)NC)CC1. The second-order valence-corrected chi connectivity index (χ2v) is 5.39. The van der Waals surface area contributed by atoms with Gasteiger partial charge in [0.2, 0.25) is 5.91 Å². The van der Waals surface area contributed by atoms with Crippen LogP contribution in [-0.2, 0) is 4.79 Å². The van der Waals surface area contributed by atoms with E-state index < -0.39 is 0 Å². The summed E-state index contributed by atoms with van der Waals surface area (Å²) in [6, 6.07) is 0.213. The van der Waals surface area contributed by atoms with Crippen molar-refractivity contribution in [1.29, 1.82) is 0 Å². The molecule has 4 heteroatoms. The summed E-state index contributed by atoms with van der Waals surface area (Å²) < 4.78 is 0. The number of nitrogens with one attached hydrogen (secondary N) is 1. The summed E-state index contributed by atoms with van der Waals surface area (Å²) >= 11 is 0. The molecular formula is C14H29N3O. The van der Waals surface area contributed by atoms with Crippen LogP contribution in [0.4, 0.5) is 0 Å². The van der Waals surface area contributed by atoms with Crippen molar-refractivity contribution in [1.82, 2.24) is 10.2 Å². The molecule has 2 atom stereocenters. The van der Waals surface area contributed by atoms with E-state index in [0.717, 1.165) is 19.0 Å². The van der Waals surface area contributed by atoms with Gasteiger partial charge in [-0.1, -0.05) is 19.8 Å². The molecule has 0 radical (unpaired) electrons. The fourth-order valence-electron chi connectivity index (χ4n) is 2.93. The van der Waals surface area contributed by atoms with Crippen LogP contribution >= 0.6 is 0 Å². The first kappa shape index (κ1) is 15.4. The summed E-state index contributed by atoms with van der Waals surface area (Å²) in [6.45, 7) is 5.03. The molecule has 1 aliphatic rings. The monoisotopic (exact) mass is 255 g/mol. The number of carbonyl (C=O) groups excluding carboxylic acids is 1. The third kappa shape index (κ3) is 4.94. The minimum atomic E-state index is 0.0970. The van der Waals surface area contributed by atoms with Gasteiger partial charge in [0.1, 0.15) is 0 Å². The number of amides is 1. The largest absolute Gasteiger partial charge is 0.359 e. The Morgan fingerprint density at radius 3 is 2.83 bits per heavy atom. The van der Waals surface area contributed by atoms with E-state index in [1.165, 1.54) is 32.1 Å². The molecule has 0 aromatic heterocycles. The van der Waals surface area contributed by atoms with E-state index in [-0.39, 0.29) is 11.9 Å². The van der Waals surface area contributed by atoms with Gasteiger partial charge in [0, 0.05) is 26.1 Å². The van der Waals surface area contributed by atoms with Crippen molar-refractivity contribution in [3.63, 3.8) is 0 Å². The predicted octanol–water partition coefficient (Wildman–Crippen LogP) is 1.35. The Hall–Kier alpha value is -0.610.